The number of anilines is 1. The average molecular weight is 534 g/mol. The Morgan fingerprint density at radius 1 is 1.00 bits per heavy atom. The largest absolute Gasteiger partial charge is 0.508 e. The monoisotopic (exact) mass is 533 g/mol. The zero-order valence-corrected chi connectivity index (χ0v) is 21.1. The Morgan fingerprint density at radius 3 is 2.46 bits per heavy atom. The molecule has 2 saturated carbocycles. The third-order valence-electron chi connectivity index (χ3n) is 8.45. The molecule has 3 fully saturated rings. The lowest BCUT2D eigenvalue weighted by atomic mass is 9.68. The van der Waals surface area contributed by atoms with Crippen molar-refractivity contribution in [3.8, 4) is 5.75 Å². The molecular formula is C27H23N3O5S2. The van der Waals surface area contributed by atoms with Crippen LogP contribution in [0.1, 0.15) is 22.8 Å². The summed E-state index contributed by atoms with van der Waals surface area (Å²) in [6.45, 7) is -0.301. The van der Waals surface area contributed by atoms with Gasteiger partial charge < -0.3 is 15.4 Å². The Labute approximate surface area is 220 Å². The normalized spacial score (nSPS) is 31.2. The predicted molar refractivity (Wildman–Crippen MR) is 138 cm³/mol. The number of thiazole rings is 1. The van der Waals surface area contributed by atoms with E-state index in [9.17, 15) is 24.3 Å². The summed E-state index contributed by atoms with van der Waals surface area (Å²) in [6, 6.07) is 16.1. The number of hydrogen-bond acceptors (Lipinski definition) is 7. The molecule has 3 N–H and O–H groups in total. The van der Waals surface area contributed by atoms with Crippen molar-refractivity contribution in [3.63, 3.8) is 0 Å². The second-order valence-corrected chi connectivity index (χ2v) is 12.4. The van der Waals surface area contributed by atoms with E-state index in [-0.39, 0.29) is 57.9 Å². The summed E-state index contributed by atoms with van der Waals surface area (Å²) in [4.78, 5) is 57.0. The fourth-order valence-electron chi connectivity index (χ4n) is 7.20. The van der Waals surface area contributed by atoms with Gasteiger partial charge in [0, 0.05) is 27.3 Å². The number of nitrogens with zero attached hydrogens (tertiary/aromatic N) is 1. The van der Waals surface area contributed by atoms with Crippen LogP contribution in [0.2, 0.25) is 0 Å². The van der Waals surface area contributed by atoms with Crippen molar-refractivity contribution in [2.45, 2.75) is 22.6 Å². The molecule has 7 atom stereocenters. The molecular weight excluding hydrogens is 510 g/mol. The van der Waals surface area contributed by atoms with Gasteiger partial charge in [-0.2, -0.15) is 0 Å². The van der Waals surface area contributed by atoms with E-state index >= 15 is 0 Å². The van der Waals surface area contributed by atoms with E-state index in [1.165, 1.54) is 0 Å². The van der Waals surface area contributed by atoms with Gasteiger partial charge in [-0.3, -0.25) is 24.1 Å². The molecule has 188 valence electrons. The van der Waals surface area contributed by atoms with Crippen LogP contribution >= 0.6 is 23.1 Å². The Bertz CT molecular complexity index is 1500. The number of carbonyl (C=O) groups is 3. The Hall–Kier alpha value is -3.37. The predicted octanol–water partition coefficient (Wildman–Crippen LogP) is 3.25. The van der Waals surface area contributed by atoms with Crippen LogP contribution in [-0.2, 0) is 14.4 Å². The zero-order chi connectivity index (χ0) is 25.4. The summed E-state index contributed by atoms with van der Waals surface area (Å²) in [5, 5.41) is 14.4. The molecule has 7 rings (SSSR count). The molecule has 10 heteroatoms. The van der Waals surface area contributed by atoms with Crippen molar-refractivity contribution in [2.24, 2.45) is 29.6 Å². The van der Waals surface area contributed by atoms with Crippen molar-refractivity contribution in [3.05, 3.63) is 74.7 Å². The van der Waals surface area contributed by atoms with Crippen LogP contribution in [0.3, 0.4) is 0 Å². The van der Waals surface area contributed by atoms with E-state index in [0.717, 1.165) is 38.1 Å². The van der Waals surface area contributed by atoms with Gasteiger partial charge in [-0.25, -0.2) is 0 Å². The number of para-hydroxylation sites is 2. The highest BCUT2D eigenvalue weighted by Crippen LogP contribution is 2.68. The first-order chi connectivity index (χ1) is 17.9. The van der Waals surface area contributed by atoms with Gasteiger partial charge in [-0.15, -0.1) is 11.8 Å². The van der Waals surface area contributed by atoms with Crippen LogP contribution in [-0.4, -0.2) is 44.5 Å². The van der Waals surface area contributed by atoms with E-state index < -0.39 is 17.7 Å². The van der Waals surface area contributed by atoms with Crippen molar-refractivity contribution >= 4 is 46.5 Å². The third-order valence-corrected chi connectivity index (χ3v) is 11.0. The number of imide groups is 1. The fourth-order valence-corrected chi connectivity index (χ4v) is 10.1. The fraction of sp³-hybridized carbons (Fsp3) is 0.333. The van der Waals surface area contributed by atoms with Gasteiger partial charge in [0.05, 0.1) is 16.9 Å². The smallest absolute Gasteiger partial charge is 0.305 e. The molecule has 0 spiro atoms. The molecule has 3 heterocycles. The maximum atomic E-state index is 13.6. The third kappa shape index (κ3) is 3.35. The maximum Gasteiger partial charge on any atom is 0.305 e. The number of likely N-dealkylation sites (tertiary alicyclic amines) is 1. The van der Waals surface area contributed by atoms with E-state index in [0.29, 0.717) is 5.69 Å². The standard InChI is InChI=1S/C27H23N3O5S2/c31-16-9-5-4-8-13(16)18-19-14-10-15(22(19)36-24-23(18)37-27(35)29-24)21-20(14)25(33)30(26(21)34)11-17(32)28-12-6-2-1-3-7-12/h1-9,14-15,18-22,31H,10-11H2,(H,28,32)(H,29,35). The number of aromatic hydroxyl groups is 1. The van der Waals surface area contributed by atoms with Gasteiger partial charge in [-0.05, 0) is 42.4 Å². The second-order valence-electron chi connectivity index (χ2n) is 10.2. The van der Waals surface area contributed by atoms with Gasteiger partial charge >= 0.3 is 4.87 Å². The van der Waals surface area contributed by atoms with Crippen LogP contribution in [0.25, 0.3) is 0 Å². The van der Waals surface area contributed by atoms with Crippen molar-refractivity contribution in [1.82, 2.24) is 9.88 Å². The van der Waals surface area contributed by atoms with Crippen LogP contribution in [0.4, 0.5) is 5.69 Å². The molecule has 1 aromatic heterocycles. The first kappa shape index (κ1) is 22.8. The molecule has 4 aliphatic rings. The lowest BCUT2D eigenvalue weighted by Crippen LogP contribution is -2.42. The topological polar surface area (TPSA) is 120 Å². The van der Waals surface area contributed by atoms with Crippen molar-refractivity contribution < 1.29 is 19.5 Å². The number of aromatic amines is 1. The number of hydrogen-bond donors (Lipinski definition) is 3. The van der Waals surface area contributed by atoms with Crippen LogP contribution < -0.4 is 10.2 Å². The highest BCUT2D eigenvalue weighted by atomic mass is 32.2. The Morgan fingerprint density at radius 2 is 1.70 bits per heavy atom. The number of carbonyl (C=O) groups excluding carboxylic acids is 3. The lowest BCUT2D eigenvalue weighted by Gasteiger charge is -2.43. The number of rotatable bonds is 4. The van der Waals surface area contributed by atoms with E-state index in [1.807, 2.05) is 18.2 Å². The quantitative estimate of drug-likeness (QED) is 0.443. The zero-order valence-electron chi connectivity index (χ0n) is 19.5. The molecule has 2 aliphatic heterocycles. The molecule has 3 aromatic rings. The summed E-state index contributed by atoms with van der Waals surface area (Å²) in [5.41, 5.74) is 1.36. The highest BCUT2D eigenvalue weighted by Gasteiger charge is 2.69. The van der Waals surface area contributed by atoms with Crippen molar-refractivity contribution in [1.29, 1.82) is 0 Å². The molecule has 2 bridgehead atoms. The van der Waals surface area contributed by atoms with Gasteiger partial charge in [0.2, 0.25) is 17.7 Å². The van der Waals surface area contributed by atoms with Crippen molar-refractivity contribution in [2.75, 3.05) is 11.9 Å². The van der Waals surface area contributed by atoms with Crippen LogP contribution in [0.5, 0.6) is 5.75 Å². The Balaban J connectivity index is 1.22. The number of aromatic nitrogens is 1. The van der Waals surface area contributed by atoms with Gasteiger partial charge in [0.1, 0.15) is 12.3 Å². The molecule has 1 saturated heterocycles. The highest BCUT2D eigenvalue weighted by molar-refractivity contribution is 8.00. The minimum absolute atomic E-state index is 0.00153. The molecule has 37 heavy (non-hydrogen) atoms. The summed E-state index contributed by atoms with van der Waals surface area (Å²) in [5.74, 6) is -2.06. The number of nitrogens with one attached hydrogen (secondary N) is 2. The molecule has 0 radical (unpaired) electrons. The Kier molecular flexibility index (Phi) is 5.13. The number of benzene rings is 2. The second kappa shape index (κ2) is 8.32. The number of amides is 3. The van der Waals surface area contributed by atoms with Crippen LogP contribution in [0.15, 0.2) is 64.4 Å². The van der Waals surface area contributed by atoms with E-state index in [1.54, 1.807) is 48.2 Å². The average Bonchev–Trinajstić information content (AvgIpc) is 3.61. The summed E-state index contributed by atoms with van der Waals surface area (Å²) in [6.07, 6.45) is 0.752. The van der Waals surface area contributed by atoms with Crippen LogP contribution in [0, 0.1) is 29.6 Å². The molecule has 2 aromatic carbocycles. The number of phenols is 1. The number of phenolic OH excluding ortho intramolecular Hbond substituents is 1. The molecule has 7 unspecified atom stereocenters. The first-order valence-electron chi connectivity index (χ1n) is 12.3. The van der Waals surface area contributed by atoms with Gasteiger partial charge in [0.15, 0.2) is 0 Å². The summed E-state index contributed by atoms with van der Waals surface area (Å²) < 4.78 is 0. The van der Waals surface area contributed by atoms with Gasteiger partial charge in [0.25, 0.3) is 0 Å². The van der Waals surface area contributed by atoms with Gasteiger partial charge in [-0.1, -0.05) is 47.7 Å². The number of thioether (sulfide) groups is 1. The maximum absolute atomic E-state index is 13.6. The minimum Gasteiger partial charge on any atom is -0.508 e. The first-order valence-corrected chi connectivity index (χ1v) is 14.0. The summed E-state index contributed by atoms with van der Waals surface area (Å²) in [7, 11) is 0. The van der Waals surface area contributed by atoms with E-state index in [4.69, 9.17) is 0 Å². The SMILES string of the molecule is O=C(CN1C(=O)C2C3CC(C2C1=O)C1C(c2ccccc2O)c2sc(=O)[nH]c2SC31)Nc1ccccc1. The number of fused-ring (bicyclic) bond motifs is 9. The molecule has 8 nitrogen and oxygen atoms in total. The minimum atomic E-state index is -0.477. The summed E-state index contributed by atoms with van der Waals surface area (Å²) >= 11 is 2.75. The molecule has 3 amide bonds. The lowest BCUT2D eigenvalue weighted by molar-refractivity contribution is -0.143. The number of H-pyrrole nitrogens is 1. The van der Waals surface area contributed by atoms with E-state index in [2.05, 4.69) is 10.3 Å². The molecule has 2 aliphatic carbocycles.